The summed E-state index contributed by atoms with van der Waals surface area (Å²) in [7, 11) is 1.61. The van der Waals surface area contributed by atoms with Crippen LogP contribution in [0.4, 0.5) is 5.69 Å². The number of morpholine rings is 1. The van der Waals surface area contributed by atoms with E-state index in [0.717, 1.165) is 47.4 Å². The first-order valence-corrected chi connectivity index (χ1v) is 9.97. The van der Waals surface area contributed by atoms with Crippen molar-refractivity contribution in [1.82, 2.24) is 15.2 Å². The van der Waals surface area contributed by atoms with Crippen LogP contribution in [0, 0.1) is 0 Å². The average molecular weight is 390 g/mol. The summed E-state index contributed by atoms with van der Waals surface area (Å²) in [5.74, 6) is 0.648. The molecule has 0 radical (unpaired) electrons. The highest BCUT2D eigenvalue weighted by atomic mass is 16.5. The summed E-state index contributed by atoms with van der Waals surface area (Å²) in [4.78, 5) is 12.5. The molecule has 3 heterocycles. The number of nitrogens with one attached hydrogen (secondary N) is 2. The molecule has 3 N–H and O–H groups in total. The van der Waals surface area contributed by atoms with Gasteiger partial charge in [-0.05, 0) is 30.5 Å². The minimum Gasteiger partial charge on any atom is -0.496 e. The molecule has 8 nitrogen and oxygen atoms in total. The molecule has 0 atom stereocenters. The van der Waals surface area contributed by atoms with E-state index in [1.807, 2.05) is 26.0 Å². The van der Waals surface area contributed by atoms with Gasteiger partial charge >= 0.3 is 0 Å². The van der Waals surface area contributed by atoms with Gasteiger partial charge in [0.1, 0.15) is 5.75 Å². The Hall–Kier alpha value is -2.29. The molecule has 0 spiro atoms. The number of pyridine rings is 1. The zero-order chi connectivity index (χ0) is 20.1. The molecule has 1 fully saturated rings. The van der Waals surface area contributed by atoms with Gasteiger partial charge in [-0.1, -0.05) is 13.8 Å². The Labute approximate surface area is 165 Å². The summed E-state index contributed by atoms with van der Waals surface area (Å²) < 4.78 is 11.7. The van der Waals surface area contributed by atoms with E-state index in [1.165, 1.54) is 0 Å². The van der Waals surface area contributed by atoms with Gasteiger partial charge in [0.25, 0.3) is 5.56 Å². The largest absolute Gasteiger partial charge is 0.496 e. The standard InChI is InChI=1S/C18H24N4O4.C2H6/c1-25-15-10-12(11-20-21-5-7-26-8-6-21)9-14-16(15)17-13(3-2-4-19-17)18(23)22(14)24;1-2/h9-10,19-20,24H,2-8,11H2,1H3;1-2H3. The smallest absolute Gasteiger partial charge is 0.288 e. The molecule has 1 aromatic heterocycles. The molecule has 28 heavy (non-hydrogen) atoms. The van der Waals surface area contributed by atoms with Crippen molar-refractivity contribution in [2.24, 2.45) is 0 Å². The molecular formula is C20H30N4O4. The van der Waals surface area contributed by atoms with Gasteiger partial charge in [-0.25, -0.2) is 5.01 Å². The summed E-state index contributed by atoms with van der Waals surface area (Å²) in [6.07, 6.45) is 1.53. The Morgan fingerprint density at radius 3 is 2.75 bits per heavy atom. The summed E-state index contributed by atoms with van der Waals surface area (Å²) in [6.45, 7) is 8.45. The minimum atomic E-state index is -0.361. The van der Waals surface area contributed by atoms with Crippen molar-refractivity contribution in [2.75, 3.05) is 45.3 Å². The number of hydrogen-bond donors (Lipinski definition) is 3. The lowest BCUT2D eigenvalue weighted by Crippen LogP contribution is -2.45. The van der Waals surface area contributed by atoms with E-state index in [9.17, 15) is 10.0 Å². The van der Waals surface area contributed by atoms with Crippen molar-refractivity contribution in [3.8, 4) is 5.75 Å². The van der Waals surface area contributed by atoms with Gasteiger partial charge in [0.15, 0.2) is 0 Å². The number of rotatable bonds is 4. The fourth-order valence-corrected chi connectivity index (χ4v) is 3.66. The SMILES string of the molecule is CC.COc1cc(CNN2CCOCC2)cc2c1c1c(c(=O)n2O)CCCN1. The number of nitrogens with zero attached hydrogens (tertiary/aromatic N) is 2. The lowest BCUT2D eigenvalue weighted by molar-refractivity contribution is 0.0105. The topological polar surface area (TPSA) is 88.0 Å². The van der Waals surface area contributed by atoms with Crippen LogP contribution in [0.3, 0.4) is 0 Å². The van der Waals surface area contributed by atoms with Crippen LogP contribution in [-0.2, 0) is 17.7 Å². The number of anilines is 1. The predicted molar refractivity (Wildman–Crippen MR) is 109 cm³/mol. The van der Waals surface area contributed by atoms with Gasteiger partial charge in [-0.3, -0.25) is 10.2 Å². The first kappa shape index (κ1) is 20.4. The number of fused-ring (bicyclic) bond motifs is 3. The molecule has 4 rings (SSSR count). The van der Waals surface area contributed by atoms with Crippen LogP contribution < -0.4 is 21.0 Å². The molecule has 0 amide bonds. The first-order valence-electron chi connectivity index (χ1n) is 9.97. The van der Waals surface area contributed by atoms with E-state index in [1.54, 1.807) is 7.11 Å². The lowest BCUT2D eigenvalue weighted by Gasteiger charge is -2.27. The van der Waals surface area contributed by atoms with E-state index >= 15 is 0 Å². The van der Waals surface area contributed by atoms with Crippen LogP contribution in [0.15, 0.2) is 16.9 Å². The molecule has 0 saturated carbocycles. The Kier molecular flexibility index (Phi) is 6.77. The molecule has 2 aliphatic heterocycles. The maximum Gasteiger partial charge on any atom is 0.288 e. The summed E-state index contributed by atoms with van der Waals surface area (Å²) in [6, 6.07) is 3.79. The Morgan fingerprint density at radius 2 is 2.04 bits per heavy atom. The van der Waals surface area contributed by atoms with Crippen LogP contribution in [0.5, 0.6) is 5.75 Å². The van der Waals surface area contributed by atoms with Crippen molar-refractivity contribution in [3.63, 3.8) is 0 Å². The van der Waals surface area contributed by atoms with E-state index < -0.39 is 0 Å². The third-order valence-electron chi connectivity index (χ3n) is 5.01. The number of hydrazine groups is 1. The highest BCUT2D eigenvalue weighted by Gasteiger charge is 2.22. The van der Waals surface area contributed by atoms with Crippen molar-refractivity contribution in [1.29, 1.82) is 0 Å². The highest BCUT2D eigenvalue weighted by Crippen LogP contribution is 2.36. The zero-order valence-electron chi connectivity index (χ0n) is 16.9. The fraction of sp³-hybridized carbons (Fsp3) is 0.550. The number of aromatic nitrogens is 1. The average Bonchev–Trinajstić information content (AvgIpc) is 2.77. The maximum atomic E-state index is 12.5. The van der Waals surface area contributed by atoms with E-state index in [-0.39, 0.29) is 5.56 Å². The molecule has 1 saturated heterocycles. The van der Waals surface area contributed by atoms with Gasteiger partial charge in [-0.15, -0.1) is 4.73 Å². The third kappa shape index (κ3) is 3.94. The summed E-state index contributed by atoms with van der Waals surface area (Å²) >= 11 is 0. The number of hydrogen-bond acceptors (Lipinski definition) is 7. The van der Waals surface area contributed by atoms with Gasteiger partial charge in [0.2, 0.25) is 0 Å². The summed E-state index contributed by atoms with van der Waals surface area (Å²) in [5.41, 5.74) is 5.79. The molecule has 2 aliphatic rings. The Morgan fingerprint density at radius 1 is 1.29 bits per heavy atom. The molecule has 8 heteroatoms. The highest BCUT2D eigenvalue weighted by molar-refractivity contribution is 5.98. The van der Waals surface area contributed by atoms with Gasteiger partial charge in [-0.2, -0.15) is 0 Å². The van der Waals surface area contributed by atoms with E-state index in [2.05, 4.69) is 15.8 Å². The van der Waals surface area contributed by atoms with Crippen LogP contribution in [0.2, 0.25) is 0 Å². The molecule has 2 aromatic rings. The summed E-state index contributed by atoms with van der Waals surface area (Å²) in [5, 5.41) is 16.6. The second-order valence-electron chi connectivity index (χ2n) is 6.63. The number of methoxy groups -OCH3 is 1. The second kappa shape index (κ2) is 9.27. The normalized spacial score (nSPS) is 16.7. The van der Waals surface area contributed by atoms with Crippen LogP contribution in [0.1, 0.15) is 31.4 Å². The fourth-order valence-electron chi connectivity index (χ4n) is 3.66. The maximum absolute atomic E-state index is 12.5. The van der Waals surface area contributed by atoms with Gasteiger partial charge in [0, 0.05) is 31.7 Å². The van der Waals surface area contributed by atoms with Crippen LogP contribution in [0.25, 0.3) is 10.9 Å². The quantitative estimate of drug-likeness (QED) is 0.688. The third-order valence-corrected chi connectivity index (χ3v) is 5.01. The number of ether oxygens (including phenoxy) is 2. The Bertz CT molecular complexity index is 875. The second-order valence-corrected chi connectivity index (χ2v) is 6.63. The van der Waals surface area contributed by atoms with Crippen LogP contribution in [-0.4, -0.2) is 54.9 Å². The van der Waals surface area contributed by atoms with Crippen molar-refractivity contribution in [3.05, 3.63) is 33.6 Å². The van der Waals surface area contributed by atoms with Gasteiger partial charge in [0.05, 0.1) is 36.9 Å². The minimum absolute atomic E-state index is 0.361. The molecule has 0 aliphatic carbocycles. The van der Waals surface area contributed by atoms with Crippen LogP contribution >= 0.6 is 0 Å². The van der Waals surface area contributed by atoms with Crippen molar-refractivity contribution in [2.45, 2.75) is 33.2 Å². The predicted octanol–water partition coefficient (Wildman–Crippen LogP) is 1.97. The molecule has 0 unspecified atom stereocenters. The van der Waals surface area contributed by atoms with Gasteiger partial charge < -0.3 is 20.0 Å². The van der Waals surface area contributed by atoms with E-state index in [0.29, 0.717) is 43.0 Å². The monoisotopic (exact) mass is 390 g/mol. The van der Waals surface area contributed by atoms with Crippen molar-refractivity contribution < 1.29 is 14.7 Å². The molecule has 154 valence electrons. The first-order chi connectivity index (χ1) is 13.7. The van der Waals surface area contributed by atoms with E-state index in [4.69, 9.17) is 9.47 Å². The lowest BCUT2D eigenvalue weighted by atomic mass is 9.99. The molecular weight excluding hydrogens is 360 g/mol. The zero-order valence-corrected chi connectivity index (χ0v) is 16.9. The number of benzene rings is 1. The van der Waals surface area contributed by atoms with Crippen molar-refractivity contribution >= 4 is 16.6 Å². The molecule has 0 bridgehead atoms. The molecule has 1 aromatic carbocycles. The Balaban J connectivity index is 0.00000109.